The van der Waals surface area contributed by atoms with Crippen LogP contribution >= 0.6 is 0 Å². The summed E-state index contributed by atoms with van der Waals surface area (Å²) in [4.78, 5) is 25.3. The van der Waals surface area contributed by atoms with E-state index in [0.717, 1.165) is 25.7 Å². The number of hydrogen-bond donors (Lipinski definition) is 2. The fourth-order valence-electron chi connectivity index (χ4n) is 7.87. The van der Waals surface area contributed by atoms with Crippen molar-refractivity contribution in [3.8, 4) is 0 Å². The number of carbonyl (C=O) groups excluding carboxylic acids is 2. The first-order valence-electron chi connectivity index (χ1n) is 10.3. The molecule has 0 amide bonds. The van der Waals surface area contributed by atoms with E-state index in [0.29, 0.717) is 18.4 Å². The van der Waals surface area contributed by atoms with Gasteiger partial charge in [0.1, 0.15) is 6.10 Å². The maximum absolute atomic E-state index is 13.4. The molecule has 0 aromatic rings. The van der Waals surface area contributed by atoms with Crippen LogP contribution in [0.25, 0.3) is 0 Å². The van der Waals surface area contributed by atoms with Gasteiger partial charge in [-0.25, -0.2) is 0 Å². The molecular formula is C22H32O5. The molecule has 1 spiro atoms. The average molecular weight is 376 g/mol. The molecule has 4 rings (SSSR count). The number of rotatable bonds is 2. The van der Waals surface area contributed by atoms with Crippen LogP contribution in [0.1, 0.15) is 65.7 Å². The van der Waals surface area contributed by atoms with Gasteiger partial charge in [-0.3, -0.25) is 9.59 Å². The minimum Gasteiger partial charge on any atom is -0.462 e. The van der Waals surface area contributed by atoms with Crippen molar-refractivity contribution in [2.45, 2.75) is 77.4 Å². The second kappa shape index (κ2) is 5.66. The number of ketones is 1. The maximum atomic E-state index is 13.4. The number of aliphatic hydroxyl groups excluding tert-OH is 1. The van der Waals surface area contributed by atoms with Crippen LogP contribution in [0.4, 0.5) is 0 Å². The van der Waals surface area contributed by atoms with Gasteiger partial charge >= 0.3 is 5.97 Å². The first-order valence-corrected chi connectivity index (χ1v) is 10.3. The zero-order valence-corrected chi connectivity index (χ0v) is 16.7. The standard InChI is InChI=1S/C22H32O5/c1-13-18(25)21-9-6-16-19(3,12-23)7-5-8-20(16,4)17(21)15(27-14(2)24)10-22(13,26)11-21/h15-17,23,26H,1,5-12H2,2-4H3/t15?,16-,17+,19-,20+,21+,22-/m0/s1. The molecule has 5 heteroatoms. The lowest BCUT2D eigenvalue weighted by Gasteiger charge is -2.64. The van der Waals surface area contributed by atoms with E-state index in [-0.39, 0.29) is 47.4 Å². The molecule has 0 aromatic carbocycles. The summed E-state index contributed by atoms with van der Waals surface area (Å²) in [6.45, 7) is 9.85. The maximum Gasteiger partial charge on any atom is 0.302 e. The molecule has 27 heavy (non-hydrogen) atoms. The Labute approximate surface area is 161 Å². The summed E-state index contributed by atoms with van der Waals surface area (Å²) < 4.78 is 5.76. The summed E-state index contributed by atoms with van der Waals surface area (Å²) in [7, 11) is 0. The number of esters is 1. The van der Waals surface area contributed by atoms with Crippen molar-refractivity contribution in [2.24, 2.45) is 28.1 Å². The monoisotopic (exact) mass is 376 g/mol. The Bertz CT molecular complexity index is 715. The van der Waals surface area contributed by atoms with Crippen molar-refractivity contribution in [2.75, 3.05) is 6.61 Å². The van der Waals surface area contributed by atoms with Crippen LogP contribution in [0.15, 0.2) is 12.2 Å². The minimum atomic E-state index is -1.26. The zero-order valence-electron chi connectivity index (χ0n) is 16.7. The number of aliphatic hydroxyl groups is 2. The lowest BCUT2D eigenvalue weighted by atomic mass is 9.40. The molecule has 1 unspecified atom stereocenters. The third kappa shape index (κ3) is 2.30. The number of ether oxygens (including phenoxy) is 1. The summed E-state index contributed by atoms with van der Waals surface area (Å²) in [6, 6.07) is 0. The highest BCUT2D eigenvalue weighted by molar-refractivity contribution is 6.05. The Morgan fingerprint density at radius 1 is 1.30 bits per heavy atom. The van der Waals surface area contributed by atoms with Gasteiger partial charge in [0.25, 0.3) is 0 Å². The molecule has 0 aliphatic heterocycles. The van der Waals surface area contributed by atoms with Crippen molar-refractivity contribution >= 4 is 11.8 Å². The highest BCUT2D eigenvalue weighted by atomic mass is 16.5. The summed E-state index contributed by atoms with van der Waals surface area (Å²) in [5, 5.41) is 21.3. The molecule has 2 N–H and O–H groups in total. The van der Waals surface area contributed by atoms with Crippen molar-refractivity contribution < 1.29 is 24.5 Å². The van der Waals surface area contributed by atoms with E-state index < -0.39 is 17.1 Å². The molecular weight excluding hydrogens is 344 g/mol. The van der Waals surface area contributed by atoms with Crippen LogP contribution < -0.4 is 0 Å². The Balaban J connectivity index is 1.86. The highest BCUT2D eigenvalue weighted by Gasteiger charge is 2.73. The molecule has 2 bridgehead atoms. The molecule has 0 radical (unpaired) electrons. The van der Waals surface area contributed by atoms with Crippen LogP contribution in [-0.2, 0) is 14.3 Å². The van der Waals surface area contributed by atoms with E-state index in [9.17, 15) is 19.8 Å². The van der Waals surface area contributed by atoms with Crippen molar-refractivity contribution in [1.29, 1.82) is 0 Å². The predicted molar refractivity (Wildman–Crippen MR) is 99.7 cm³/mol. The average Bonchev–Trinajstić information content (AvgIpc) is 2.71. The minimum absolute atomic E-state index is 0.0272. The molecule has 5 nitrogen and oxygen atoms in total. The van der Waals surface area contributed by atoms with Crippen LogP contribution in [-0.4, -0.2) is 40.3 Å². The van der Waals surface area contributed by atoms with Gasteiger partial charge in [0, 0.05) is 36.9 Å². The number of fused-ring (bicyclic) bond motifs is 3. The zero-order chi connectivity index (χ0) is 19.8. The molecule has 150 valence electrons. The molecule has 4 aliphatic carbocycles. The molecule has 4 aliphatic rings. The van der Waals surface area contributed by atoms with Crippen LogP contribution in [0.3, 0.4) is 0 Å². The van der Waals surface area contributed by atoms with Crippen molar-refractivity contribution in [3.05, 3.63) is 12.2 Å². The lowest BCUT2D eigenvalue weighted by Crippen LogP contribution is -2.64. The Kier molecular flexibility index (Phi) is 4.01. The third-order valence-electron chi connectivity index (χ3n) is 8.77. The van der Waals surface area contributed by atoms with Gasteiger partial charge in [0.2, 0.25) is 0 Å². The number of carbonyl (C=O) groups is 2. The molecule has 4 fully saturated rings. The highest BCUT2D eigenvalue weighted by Crippen LogP contribution is 2.72. The normalized spacial score (nSPS) is 51.5. The van der Waals surface area contributed by atoms with Gasteiger partial charge in [0.05, 0.1) is 5.60 Å². The van der Waals surface area contributed by atoms with Gasteiger partial charge < -0.3 is 14.9 Å². The topological polar surface area (TPSA) is 83.8 Å². The van der Waals surface area contributed by atoms with Gasteiger partial charge in [-0.1, -0.05) is 26.8 Å². The molecule has 0 heterocycles. The Hall–Kier alpha value is -1.20. The number of hydrogen-bond acceptors (Lipinski definition) is 5. The third-order valence-corrected chi connectivity index (χ3v) is 8.77. The fourth-order valence-corrected chi connectivity index (χ4v) is 7.87. The number of Topliss-reactive ketones (excluding diaryl/α,β-unsaturated/α-hetero) is 1. The van der Waals surface area contributed by atoms with E-state index >= 15 is 0 Å². The van der Waals surface area contributed by atoms with Gasteiger partial charge in [-0.15, -0.1) is 0 Å². The van der Waals surface area contributed by atoms with Gasteiger partial charge in [-0.2, -0.15) is 0 Å². The fraction of sp³-hybridized carbons (Fsp3) is 0.818. The first kappa shape index (κ1) is 19.1. The predicted octanol–water partition coefficient (Wildman–Crippen LogP) is 2.78. The second-order valence-corrected chi connectivity index (χ2v) is 10.3. The molecule has 0 saturated heterocycles. The summed E-state index contributed by atoms with van der Waals surface area (Å²) in [6.07, 6.45) is 4.61. The van der Waals surface area contributed by atoms with E-state index in [2.05, 4.69) is 20.4 Å². The summed E-state index contributed by atoms with van der Waals surface area (Å²) in [5.74, 6) is -0.263. The van der Waals surface area contributed by atoms with Crippen molar-refractivity contribution in [1.82, 2.24) is 0 Å². The second-order valence-electron chi connectivity index (χ2n) is 10.3. The largest absolute Gasteiger partial charge is 0.462 e. The van der Waals surface area contributed by atoms with E-state index in [1.165, 1.54) is 6.92 Å². The lowest BCUT2D eigenvalue weighted by molar-refractivity contribution is -0.217. The smallest absolute Gasteiger partial charge is 0.302 e. The first-order chi connectivity index (χ1) is 12.5. The van der Waals surface area contributed by atoms with E-state index in [1.807, 2.05) is 0 Å². The SMILES string of the molecule is C=C1C(=O)[C@@]23CC[C@H]4[C@](C)(CO)CCC[C@@]4(C)[C@H]2C(OC(C)=O)C[C@]1(O)C3. The molecule has 4 saturated carbocycles. The van der Waals surface area contributed by atoms with Crippen molar-refractivity contribution in [3.63, 3.8) is 0 Å². The molecule has 0 aromatic heterocycles. The Morgan fingerprint density at radius 2 is 2.00 bits per heavy atom. The summed E-state index contributed by atoms with van der Waals surface area (Å²) in [5.41, 5.74) is -2.04. The Morgan fingerprint density at radius 3 is 2.63 bits per heavy atom. The molecule has 7 atom stereocenters. The van der Waals surface area contributed by atoms with E-state index in [1.54, 1.807) is 0 Å². The van der Waals surface area contributed by atoms with E-state index in [4.69, 9.17) is 4.74 Å². The van der Waals surface area contributed by atoms with Crippen LogP contribution in [0, 0.1) is 28.1 Å². The van der Waals surface area contributed by atoms with Gasteiger partial charge in [0.15, 0.2) is 5.78 Å². The van der Waals surface area contributed by atoms with Crippen LogP contribution in [0.5, 0.6) is 0 Å². The van der Waals surface area contributed by atoms with Gasteiger partial charge in [-0.05, 0) is 48.9 Å². The summed E-state index contributed by atoms with van der Waals surface area (Å²) >= 11 is 0. The van der Waals surface area contributed by atoms with Crippen LogP contribution in [0.2, 0.25) is 0 Å². The quantitative estimate of drug-likeness (QED) is 0.572.